The number of thiazole rings is 1. The molecular formula is C19H26N4O2S. The van der Waals surface area contributed by atoms with E-state index in [1.54, 1.807) is 0 Å². The molecule has 1 aliphatic heterocycles. The molecule has 4 rings (SSSR count). The van der Waals surface area contributed by atoms with Gasteiger partial charge in [0.2, 0.25) is 5.91 Å². The molecule has 1 unspecified atom stereocenters. The Bertz CT molecular complexity index is 708. The summed E-state index contributed by atoms with van der Waals surface area (Å²) in [5.74, 6) is 0.395. The third-order valence-electron chi connectivity index (χ3n) is 5.57. The zero-order valence-electron chi connectivity index (χ0n) is 15.0. The van der Waals surface area contributed by atoms with Gasteiger partial charge in [-0.05, 0) is 32.1 Å². The Morgan fingerprint density at radius 2 is 2.04 bits per heavy atom. The first-order chi connectivity index (χ1) is 12.7. The van der Waals surface area contributed by atoms with Crippen molar-refractivity contribution in [1.29, 1.82) is 0 Å². The summed E-state index contributed by atoms with van der Waals surface area (Å²) in [5.41, 5.74) is 1.03. The van der Waals surface area contributed by atoms with E-state index in [0.717, 1.165) is 55.6 Å². The average molecular weight is 375 g/mol. The van der Waals surface area contributed by atoms with Crippen molar-refractivity contribution in [2.45, 2.75) is 64.0 Å². The Hall–Kier alpha value is -1.89. The maximum atomic E-state index is 12.7. The van der Waals surface area contributed by atoms with Crippen LogP contribution >= 0.6 is 11.3 Å². The highest BCUT2D eigenvalue weighted by Gasteiger charge is 2.29. The minimum absolute atomic E-state index is 0.129. The van der Waals surface area contributed by atoms with Gasteiger partial charge in [0, 0.05) is 29.8 Å². The molecule has 0 bridgehead atoms. The molecule has 0 aromatic carbocycles. The Morgan fingerprint density at radius 3 is 2.81 bits per heavy atom. The van der Waals surface area contributed by atoms with Gasteiger partial charge in [-0.15, -0.1) is 0 Å². The lowest BCUT2D eigenvalue weighted by Crippen LogP contribution is -2.39. The van der Waals surface area contributed by atoms with Crippen molar-refractivity contribution in [3.63, 3.8) is 0 Å². The predicted molar refractivity (Wildman–Crippen MR) is 102 cm³/mol. The van der Waals surface area contributed by atoms with Gasteiger partial charge in [0.1, 0.15) is 0 Å². The maximum Gasteiger partial charge on any atom is 0.321 e. The van der Waals surface area contributed by atoms with E-state index in [9.17, 15) is 9.59 Å². The largest absolute Gasteiger partial charge is 0.337 e. The summed E-state index contributed by atoms with van der Waals surface area (Å²) in [6, 6.07) is 0.132. The molecular weight excluding hydrogens is 348 g/mol. The number of hydrogen-bond donors (Lipinski definition) is 2. The number of carbonyl (C=O) groups excluding carboxylic acids is 2. The fraction of sp³-hybridized carbons (Fsp3) is 0.632. The summed E-state index contributed by atoms with van der Waals surface area (Å²) in [5, 5.41) is 6.54. The van der Waals surface area contributed by atoms with Crippen molar-refractivity contribution in [2.24, 2.45) is 5.92 Å². The van der Waals surface area contributed by atoms with Gasteiger partial charge in [-0.2, -0.15) is 0 Å². The topological polar surface area (TPSA) is 74.3 Å². The second-order valence-electron chi connectivity index (χ2n) is 7.46. The maximum absolute atomic E-state index is 12.7. The van der Waals surface area contributed by atoms with Crippen LogP contribution in [-0.2, 0) is 17.8 Å². The molecule has 2 heterocycles. The van der Waals surface area contributed by atoms with Gasteiger partial charge in [0.15, 0.2) is 5.13 Å². The van der Waals surface area contributed by atoms with E-state index in [1.165, 1.54) is 24.2 Å². The number of allylic oxidation sites excluding steroid dienone is 2. The fourth-order valence-corrected chi connectivity index (χ4v) is 5.12. The molecule has 7 heteroatoms. The van der Waals surface area contributed by atoms with Crippen LogP contribution in [0.5, 0.6) is 0 Å². The molecule has 0 spiro atoms. The Morgan fingerprint density at radius 1 is 1.19 bits per heavy atom. The molecule has 0 radical (unpaired) electrons. The SMILES string of the molecule is O=C(Nc1nc2c(s1)CN(C(=O)C1CC=CCC1)CC2)NC1CCCC1. The van der Waals surface area contributed by atoms with E-state index in [0.29, 0.717) is 17.7 Å². The van der Waals surface area contributed by atoms with E-state index in [1.807, 2.05) is 4.90 Å². The van der Waals surface area contributed by atoms with Crippen LogP contribution in [0.2, 0.25) is 0 Å². The van der Waals surface area contributed by atoms with Gasteiger partial charge < -0.3 is 10.2 Å². The number of amides is 3. The molecule has 2 N–H and O–H groups in total. The molecule has 1 aromatic heterocycles. The minimum Gasteiger partial charge on any atom is -0.337 e. The molecule has 3 amide bonds. The summed E-state index contributed by atoms with van der Waals surface area (Å²) in [6.45, 7) is 1.35. The van der Waals surface area contributed by atoms with E-state index in [-0.39, 0.29) is 17.9 Å². The smallest absolute Gasteiger partial charge is 0.321 e. The highest BCUT2D eigenvalue weighted by atomic mass is 32.1. The number of fused-ring (bicyclic) bond motifs is 1. The molecule has 0 saturated heterocycles. The molecule has 1 aromatic rings. The van der Waals surface area contributed by atoms with E-state index in [2.05, 4.69) is 27.8 Å². The van der Waals surface area contributed by atoms with Gasteiger partial charge in [0.05, 0.1) is 12.2 Å². The molecule has 6 nitrogen and oxygen atoms in total. The van der Waals surface area contributed by atoms with Gasteiger partial charge in [-0.1, -0.05) is 36.3 Å². The van der Waals surface area contributed by atoms with Crippen LogP contribution in [-0.4, -0.2) is 34.4 Å². The monoisotopic (exact) mass is 374 g/mol. The van der Waals surface area contributed by atoms with Gasteiger partial charge in [0.25, 0.3) is 0 Å². The molecule has 26 heavy (non-hydrogen) atoms. The highest BCUT2D eigenvalue weighted by Crippen LogP contribution is 2.30. The molecule has 2 aliphatic carbocycles. The Balaban J connectivity index is 1.35. The van der Waals surface area contributed by atoms with Crippen LogP contribution in [0.1, 0.15) is 55.5 Å². The van der Waals surface area contributed by atoms with Crippen LogP contribution in [0.4, 0.5) is 9.93 Å². The second-order valence-corrected chi connectivity index (χ2v) is 8.54. The summed E-state index contributed by atoms with van der Waals surface area (Å²) < 4.78 is 0. The lowest BCUT2D eigenvalue weighted by molar-refractivity contribution is -0.136. The Labute approximate surface area is 158 Å². The van der Waals surface area contributed by atoms with E-state index < -0.39 is 0 Å². The number of urea groups is 1. The van der Waals surface area contributed by atoms with Gasteiger partial charge >= 0.3 is 6.03 Å². The zero-order valence-corrected chi connectivity index (χ0v) is 15.8. The van der Waals surface area contributed by atoms with Crippen LogP contribution in [0.25, 0.3) is 0 Å². The first-order valence-electron chi connectivity index (χ1n) is 9.69. The van der Waals surface area contributed by atoms with Crippen LogP contribution in [0.15, 0.2) is 12.2 Å². The summed E-state index contributed by atoms with van der Waals surface area (Å²) >= 11 is 1.50. The first-order valence-corrected chi connectivity index (χ1v) is 10.5. The third-order valence-corrected chi connectivity index (χ3v) is 6.57. The molecule has 1 fully saturated rings. The molecule has 140 valence electrons. The zero-order chi connectivity index (χ0) is 17.9. The van der Waals surface area contributed by atoms with Gasteiger partial charge in [-0.3, -0.25) is 10.1 Å². The van der Waals surface area contributed by atoms with Crippen molar-refractivity contribution < 1.29 is 9.59 Å². The minimum atomic E-state index is -0.162. The van der Waals surface area contributed by atoms with Crippen LogP contribution in [0, 0.1) is 5.92 Å². The van der Waals surface area contributed by atoms with E-state index >= 15 is 0 Å². The summed E-state index contributed by atoms with van der Waals surface area (Å²) in [6.07, 6.45) is 12.4. The standard InChI is InChI=1S/C19H26N4O2S/c24-17(13-6-2-1-3-7-13)23-11-10-15-16(12-23)26-19(21-15)22-18(25)20-14-8-4-5-9-14/h1-2,13-14H,3-12H2,(H2,20,21,22,25). The van der Waals surface area contributed by atoms with Crippen molar-refractivity contribution >= 4 is 28.4 Å². The lowest BCUT2D eigenvalue weighted by atomic mass is 9.92. The number of hydrogen-bond acceptors (Lipinski definition) is 4. The number of nitrogens with one attached hydrogen (secondary N) is 2. The highest BCUT2D eigenvalue weighted by molar-refractivity contribution is 7.15. The first kappa shape index (κ1) is 17.5. The predicted octanol–water partition coefficient (Wildman–Crippen LogP) is 3.45. The van der Waals surface area contributed by atoms with Crippen LogP contribution < -0.4 is 10.6 Å². The number of aromatic nitrogens is 1. The molecule has 1 atom stereocenters. The third kappa shape index (κ3) is 3.92. The van der Waals surface area contributed by atoms with Crippen molar-refractivity contribution in [3.05, 3.63) is 22.7 Å². The summed E-state index contributed by atoms with van der Waals surface area (Å²) in [4.78, 5) is 32.5. The number of anilines is 1. The fourth-order valence-electron chi connectivity index (χ4n) is 4.10. The Kier molecular flexibility index (Phi) is 5.24. The van der Waals surface area contributed by atoms with E-state index in [4.69, 9.17) is 0 Å². The van der Waals surface area contributed by atoms with Crippen molar-refractivity contribution in [3.8, 4) is 0 Å². The lowest BCUT2D eigenvalue weighted by Gasteiger charge is -2.30. The van der Waals surface area contributed by atoms with Crippen molar-refractivity contribution in [2.75, 3.05) is 11.9 Å². The number of nitrogens with zero attached hydrogens (tertiary/aromatic N) is 2. The van der Waals surface area contributed by atoms with Crippen LogP contribution in [0.3, 0.4) is 0 Å². The van der Waals surface area contributed by atoms with Crippen molar-refractivity contribution in [1.82, 2.24) is 15.2 Å². The molecule has 1 saturated carbocycles. The quantitative estimate of drug-likeness (QED) is 0.796. The number of rotatable bonds is 3. The second kappa shape index (κ2) is 7.78. The van der Waals surface area contributed by atoms with Gasteiger partial charge in [-0.25, -0.2) is 9.78 Å². The summed E-state index contributed by atoms with van der Waals surface area (Å²) in [7, 11) is 0. The normalized spacial score (nSPS) is 22.9. The molecule has 3 aliphatic rings. The number of carbonyl (C=O) groups is 2. The average Bonchev–Trinajstić information content (AvgIpc) is 3.30.